The lowest BCUT2D eigenvalue weighted by Crippen LogP contribution is -2.29. The quantitative estimate of drug-likeness (QED) is 0.222. The largest absolute Gasteiger partial charge is 0.507 e. The van der Waals surface area contributed by atoms with Crippen LogP contribution < -0.4 is 9.64 Å². The van der Waals surface area contributed by atoms with E-state index in [9.17, 15) is 23.9 Å². The van der Waals surface area contributed by atoms with E-state index in [0.29, 0.717) is 28.1 Å². The molecule has 1 unspecified atom stereocenters. The summed E-state index contributed by atoms with van der Waals surface area (Å²) in [5.41, 5.74) is 1.55. The predicted octanol–water partition coefficient (Wildman–Crippen LogP) is 4.71. The number of amides is 1. The van der Waals surface area contributed by atoms with E-state index >= 15 is 0 Å². The summed E-state index contributed by atoms with van der Waals surface area (Å²) in [4.78, 5) is 44.6. The first-order valence-electron chi connectivity index (χ1n) is 11.0. The molecule has 1 N–H and O–H groups in total. The van der Waals surface area contributed by atoms with Gasteiger partial charge in [0.1, 0.15) is 22.2 Å². The Kier molecular flexibility index (Phi) is 6.89. The molecule has 1 saturated heterocycles. The summed E-state index contributed by atoms with van der Waals surface area (Å²) in [6, 6.07) is 9.00. The summed E-state index contributed by atoms with van der Waals surface area (Å²) in [7, 11) is 1.52. The van der Waals surface area contributed by atoms with Crippen molar-refractivity contribution in [3.05, 3.63) is 81.1 Å². The summed E-state index contributed by atoms with van der Waals surface area (Å²) in [5.74, 6) is -2.76. The van der Waals surface area contributed by atoms with Gasteiger partial charge in [0.2, 0.25) is 0 Å². The second-order valence-corrected chi connectivity index (χ2v) is 9.01. The molecular weight excluding hydrogens is 487 g/mol. The van der Waals surface area contributed by atoms with Crippen LogP contribution >= 0.6 is 11.3 Å². The lowest BCUT2D eigenvalue weighted by molar-refractivity contribution is -0.132. The number of hydrogen-bond donors (Lipinski definition) is 1. The molecule has 8 nitrogen and oxygen atoms in total. The summed E-state index contributed by atoms with van der Waals surface area (Å²) < 4.78 is 24.0. The number of benzene rings is 2. The standard InChI is InChI=1S/C26H23FN2O6S/c1-5-35-25(33)23-14(3)28-26(36-23)29-20(15-6-9-17(27)10-7-15)19(22(31)24(29)32)21(30)16-8-11-18(34-4)13(2)12-16/h6-12,20,30H,5H2,1-4H3/b21-19+. The topological polar surface area (TPSA) is 106 Å². The van der Waals surface area contributed by atoms with E-state index in [2.05, 4.69) is 4.98 Å². The predicted molar refractivity (Wildman–Crippen MR) is 132 cm³/mol. The van der Waals surface area contributed by atoms with E-state index in [-0.39, 0.29) is 22.2 Å². The van der Waals surface area contributed by atoms with E-state index in [1.54, 1.807) is 39.0 Å². The number of hydrogen-bond acceptors (Lipinski definition) is 8. The first-order valence-corrected chi connectivity index (χ1v) is 11.9. The van der Waals surface area contributed by atoms with Crippen LogP contribution in [0.5, 0.6) is 5.75 Å². The molecule has 2 heterocycles. The fourth-order valence-electron chi connectivity index (χ4n) is 4.04. The highest BCUT2D eigenvalue weighted by atomic mass is 32.1. The Morgan fingerprint density at radius 2 is 1.86 bits per heavy atom. The number of carbonyl (C=O) groups is 3. The van der Waals surface area contributed by atoms with Gasteiger partial charge in [-0.05, 0) is 62.2 Å². The zero-order valence-electron chi connectivity index (χ0n) is 20.0. The monoisotopic (exact) mass is 510 g/mol. The third kappa shape index (κ3) is 4.35. The van der Waals surface area contributed by atoms with Crippen molar-refractivity contribution in [1.29, 1.82) is 0 Å². The van der Waals surface area contributed by atoms with Gasteiger partial charge in [0.15, 0.2) is 5.13 Å². The molecule has 10 heteroatoms. The second kappa shape index (κ2) is 9.90. The number of ether oxygens (including phenoxy) is 2. The van der Waals surface area contributed by atoms with Gasteiger partial charge in [-0.2, -0.15) is 0 Å². The van der Waals surface area contributed by atoms with Gasteiger partial charge < -0.3 is 14.6 Å². The molecule has 1 fully saturated rings. The summed E-state index contributed by atoms with van der Waals surface area (Å²) in [6.45, 7) is 5.20. The molecule has 1 aromatic heterocycles. The van der Waals surface area contributed by atoms with E-state index in [1.807, 2.05) is 0 Å². The smallest absolute Gasteiger partial charge is 0.350 e. The molecule has 0 radical (unpaired) electrons. The third-order valence-corrected chi connectivity index (χ3v) is 6.89. The van der Waals surface area contributed by atoms with Crippen LogP contribution in [0.25, 0.3) is 5.76 Å². The van der Waals surface area contributed by atoms with Crippen LogP contribution in [-0.4, -0.2) is 41.5 Å². The zero-order chi connectivity index (χ0) is 26.1. The van der Waals surface area contributed by atoms with Crippen molar-refractivity contribution >= 4 is 39.9 Å². The molecule has 2 aromatic carbocycles. The third-order valence-electron chi connectivity index (χ3n) is 5.75. The number of carbonyl (C=O) groups excluding carboxylic acids is 3. The number of Topliss-reactive ketones (excluding diaryl/α,β-unsaturated/α-hetero) is 1. The number of methoxy groups -OCH3 is 1. The Labute approximate surface area is 210 Å². The second-order valence-electron chi connectivity index (χ2n) is 8.04. The molecule has 36 heavy (non-hydrogen) atoms. The molecular formula is C26H23FN2O6S. The Bertz CT molecular complexity index is 1400. The number of aromatic nitrogens is 1. The molecule has 1 aliphatic heterocycles. The van der Waals surface area contributed by atoms with Crippen molar-refractivity contribution in [1.82, 2.24) is 4.98 Å². The minimum absolute atomic E-state index is 0.0805. The van der Waals surface area contributed by atoms with Gasteiger partial charge in [-0.25, -0.2) is 14.2 Å². The highest BCUT2D eigenvalue weighted by Gasteiger charge is 2.48. The molecule has 186 valence electrons. The average Bonchev–Trinajstić information content (AvgIpc) is 3.36. The Morgan fingerprint density at radius 3 is 2.47 bits per heavy atom. The van der Waals surface area contributed by atoms with Crippen LogP contribution in [0.3, 0.4) is 0 Å². The van der Waals surface area contributed by atoms with E-state index < -0.39 is 35.3 Å². The molecule has 0 saturated carbocycles. The highest BCUT2D eigenvalue weighted by Crippen LogP contribution is 2.44. The lowest BCUT2D eigenvalue weighted by atomic mass is 9.95. The maximum absolute atomic E-state index is 13.7. The van der Waals surface area contributed by atoms with Crippen molar-refractivity contribution in [3.63, 3.8) is 0 Å². The van der Waals surface area contributed by atoms with Crippen molar-refractivity contribution in [2.75, 3.05) is 18.6 Å². The molecule has 4 rings (SSSR count). The van der Waals surface area contributed by atoms with Gasteiger partial charge in [0.05, 0.1) is 31.0 Å². The Balaban J connectivity index is 1.91. The number of aliphatic hydroxyl groups is 1. The van der Waals surface area contributed by atoms with Crippen molar-refractivity contribution in [2.24, 2.45) is 0 Å². The van der Waals surface area contributed by atoms with Crippen LogP contribution in [0.4, 0.5) is 9.52 Å². The minimum Gasteiger partial charge on any atom is -0.507 e. The van der Waals surface area contributed by atoms with Gasteiger partial charge >= 0.3 is 11.9 Å². The normalized spacial score (nSPS) is 16.9. The summed E-state index contributed by atoms with van der Waals surface area (Å²) in [6.07, 6.45) is 0. The van der Waals surface area contributed by atoms with Crippen LogP contribution in [0.2, 0.25) is 0 Å². The van der Waals surface area contributed by atoms with Gasteiger partial charge in [-0.3, -0.25) is 14.5 Å². The Hall–Kier alpha value is -4.05. The first-order chi connectivity index (χ1) is 17.2. The number of rotatable bonds is 6. The number of aryl methyl sites for hydroxylation is 2. The van der Waals surface area contributed by atoms with Crippen molar-refractivity contribution in [2.45, 2.75) is 26.8 Å². The SMILES string of the molecule is CCOC(=O)c1sc(N2C(=O)C(=O)/C(=C(/O)c3ccc(OC)c(C)c3)C2c2ccc(F)cc2)nc1C. The van der Waals surface area contributed by atoms with Crippen LogP contribution in [0.15, 0.2) is 48.0 Å². The zero-order valence-corrected chi connectivity index (χ0v) is 20.8. The number of aliphatic hydroxyl groups excluding tert-OH is 1. The summed E-state index contributed by atoms with van der Waals surface area (Å²) >= 11 is 0.902. The Morgan fingerprint density at radius 1 is 1.17 bits per heavy atom. The number of thiazole rings is 1. The van der Waals surface area contributed by atoms with Gasteiger partial charge in [0, 0.05) is 5.56 Å². The number of nitrogens with zero attached hydrogens (tertiary/aromatic N) is 2. The molecule has 1 amide bonds. The first kappa shape index (κ1) is 25.1. The molecule has 0 spiro atoms. The van der Waals surface area contributed by atoms with Crippen LogP contribution in [0, 0.1) is 19.7 Å². The number of ketones is 1. The molecule has 0 aliphatic carbocycles. The maximum Gasteiger partial charge on any atom is 0.350 e. The van der Waals surface area contributed by atoms with E-state index in [1.165, 1.54) is 31.4 Å². The van der Waals surface area contributed by atoms with Gasteiger partial charge in [0.25, 0.3) is 5.78 Å². The molecule has 0 bridgehead atoms. The van der Waals surface area contributed by atoms with Crippen LogP contribution in [-0.2, 0) is 14.3 Å². The lowest BCUT2D eigenvalue weighted by Gasteiger charge is -2.23. The van der Waals surface area contributed by atoms with E-state index in [4.69, 9.17) is 9.47 Å². The van der Waals surface area contributed by atoms with Gasteiger partial charge in [-0.15, -0.1) is 0 Å². The fourth-order valence-corrected chi connectivity index (χ4v) is 5.03. The highest BCUT2D eigenvalue weighted by molar-refractivity contribution is 7.17. The summed E-state index contributed by atoms with van der Waals surface area (Å²) in [5, 5.41) is 11.3. The van der Waals surface area contributed by atoms with Crippen LogP contribution in [0.1, 0.15) is 45.0 Å². The van der Waals surface area contributed by atoms with Crippen molar-refractivity contribution < 1.29 is 33.4 Å². The fraction of sp³-hybridized carbons (Fsp3) is 0.231. The molecule has 3 aromatic rings. The number of halogens is 1. The minimum atomic E-state index is -1.10. The van der Waals surface area contributed by atoms with Crippen molar-refractivity contribution in [3.8, 4) is 5.75 Å². The van der Waals surface area contributed by atoms with E-state index in [0.717, 1.165) is 16.2 Å². The number of anilines is 1. The molecule has 1 atom stereocenters. The van der Waals surface area contributed by atoms with Gasteiger partial charge in [-0.1, -0.05) is 23.5 Å². The number of esters is 1. The average molecular weight is 511 g/mol. The maximum atomic E-state index is 13.7. The molecule has 1 aliphatic rings.